The minimum atomic E-state index is -3.67. The molecule has 1 aromatic heterocycles. The first-order chi connectivity index (χ1) is 8.39. The van der Waals surface area contributed by atoms with Crippen molar-refractivity contribution >= 4 is 16.0 Å². The van der Waals surface area contributed by atoms with E-state index in [-0.39, 0.29) is 18.0 Å². The topological polar surface area (TPSA) is 87.6 Å². The number of carboxylic acids is 1. The Labute approximate surface area is 106 Å². The van der Waals surface area contributed by atoms with Crippen LogP contribution < -0.4 is 0 Å². The summed E-state index contributed by atoms with van der Waals surface area (Å²) in [5.41, 5.74) is 0. The first-order valence-corrected chi connectivity index (χ1v) is 6.96. The number of carboxylic acid groups (broad SMARTS) is 1. The van der Waals surface area contributed by atoms with Gasteiger partial charge in [-0.15, -0.1) is 0 Å². The van der Waals surface area contributed by atoms with Gasteiger partial charge >= 0.3 is 5.97 Å². The maximum atomic E-state index is 12.2. The van der Waals surface area contributed by atoms with Crippen LogP contribution in [0.5, 0.6) is 0 Å². The third-order valence-electron chi connectivity index (χ3n) is 2.52. The molecule has 6 nitrogen and oxygen atoms in total. The molecule has 0 bridgehead atoms. The van der Waals surface area contributed by atoms with Crippen molar-refractivity contribution in [3.05, 3.63) is 24.5 Å². The maximum Gasteiger partial charge on any atom is 0.307 e. The fraction of sp³-hybridized carbons (Fsp3) is 0.455. The van der Waals surface area contributed by atoms with E-state index in [2.05, 4.69) is 4.98 Å². The van der Waals surface area contributed by atoms with Gasteiger partial charge in [-0.3, -0.25) is 9.78 Å². The minimum Gasteiger partial charge on any atom is -0.481 e. The molecule has 0 aliphatic rings. The molecule has 7 heteroatoms. The predicted molar refractivity (Wildman–Crippen MR) is 65.5 cm³/mol. The SMILES string of the molecule is CCN(CC(C)C(=O)O)S(=O)(=O)c1cccnc1. The molecule has 100 valence electrons. The Kier molecular flexibility index (Phi) is 4.80. The fourth-order valence-electron chi connectivity index (χ4n) is 1.43. The molecule has 0 aromatic carbocycles. The van der Waals surface area contributed by atoms with Crippen LogP contribution in [0.4, 0.5) is 0 Å². The second-order valence-electron chi connectivity index (χ2n) is 3.88. The van der Waals surface area contributed by atoms with E-state index in [9.17, 15) is 13.2 Å². The monoisotopic (exact) mass is 272 g/mol. The van der Waals surface area contributed by atoms with Gasteiger partial charge in [-0.05, 0) is 12.1 Å². The molecule has 0 saturated heterocycles. The van der Waals surface area contributed by atoms with Crippen molar-refractivity contribution in [1.82, 2.24) is 9.29 Å². The predicted octanol–water partition coefficient (Wildman–Crippen LogP) is 0.813. The molecule has 1 N–H and O–H groups in total. The van der Waals surface area contributed by atoms with Gasteiger partial charge in [0.15, 0.2) is 0 Å². The number of hydrogen-bond acceptors (Lipinski definition) is 4. The summed E-state index contributed by atoms with van der Waals surface area (Å²) in [6.07, 6.45) is 2.73. The molecular formula is C11H16N2O4S. The van der Waals surface area contributed by atoms with E-state index in [0.29, 0.717) is 0 Å². The van der Waals surface area contributed by atoms with Crippen LogP contribution in [0.25, 0.3) is 0 Å². The Balaban J connectivity index is 2.98. The Hall–Kier alpha value is -1.47. The van der Waals surface area contributed by atoms with E-state index < -0.39 is 21.9 Å². The molecule has 1 atom stereocenters. The molecule has 0 aliphatic heterocycles. The van der Waals surface area contributed by atoms with Crippen LogP contribution in [-0.4, -0.2) is 41.9 Å². The summed E-state index contributed by atoms with van der Waals surface area (Å²) in [7, 11) is -3.67. The van der Waals surface area contributed by atoms with Gasteiger partial charge in [0.2, 0.25) is 10.0 Å². The summed E-state index contributed by atoms with van der Waals surface area (Å²) in [5.74, 6) is -1.77. The van der Waals surface area contributed by atoms with Crippen LogP contribution in [0, 0.1) is 5.92 Å². The average molecular weight is 272 g/mol. The third-order valence-corrected chi connectivity index (χ3v) is 4.45. The van der Waals surface area contributed by atoms with Gasteiger partial charge in [0.25, 0.3) is 0 Å². The minimum absolute atomic E-state index is 0.0525. The van der Waals surface area contributed by atoms with Crippen molar-refractivity contribution in [2.45, 2.75) is 18.7 Å². The molecule has 1 rings (SSSR count). The number of aliphatic carboxylic acids is 1. The first-order valence-electron chi connectivity index (χ1n) is 5.52. The number of sulfonamides is 1. The zero-order valence-corrected chi connectivity index (χ0v) is 11.1. The lowest BCUT2D eigenvalue weighted by Crippen LogP contribution is -2.36. The van der Waals surface area contributed by atoms with Crippen molar-refractivity contribution in [2.24, 2.45) is 5.92 Å². The number of aromatic nitrogens is 1. The second-order valence-corrected chi connectivity index (χ2v) is 5.82. The van der Waals surface area contributed by atoms with Crippen molar-refractivity contribution in [3.63, 3.8) is 0 Å². The summed E-state index contributed by atoms with van der Waals surface area (Å²) in [5, 5.41) is 8.83. The Bertz CT molecular complexity index is 501. The first kappa shape index (κ1) is 14.6. The van der Waals surface area contributed by atoms with Gasteiger partial charge in [0.05, 0.1) is 5.92 Å². The number of pyridine rings is 1. The summed E-state index contributed by atoms with van der Waals surface area (Å²) in [6.45, 7) is 3.31. The van der Waals surface area contributed by atoms with Gasteiger partial charge in [0.1, 0.15) is 4.90 Å². The molecule has 0 aliphatic carbocycles. The highest BCUT2D eigenvalue weighted by molar-refractivity contribution is 7.89. The van der Waals surface area contributed by atoms with Gasteiger partial charge in [-0.25, -0.2) is 8.42 Å². The third kappa shape index (κ3) is 3.27. The van der Waals surface area contributed by atoms with Crippen LogP contribution in [0.15, 0.2) is 29.4 Å². The van der Waals surface area contributed by atoms with Crippen molar-refractivity contribution in [3.8, 4) is 0 Å². The molecule has 0 spiro atoms. The van der Waals surface area contributed by atoms with Crippen LogP contribution in [0.1, 0.15) is 13.8 Å². The lowest BCUT2D eigenvalue weighted by atomic mass is 10.2. The fourth-order valence-corrected chi connectivity index (χ4v) is 2.93. The van der Waals surface area contributed by atoms with Gasteiger partial charge < -0.3 is 5.11 Å². The quantitative estimate of drug-likeness (QED) is 0.828. The largest absolute Gasteiger partial charge is 0.481 e. The average Bonchev–Trinajstić information content (AvgIpc) is 2.36. The molecule has 1 aromatic rings. The van der Waals surface area contributed by atoms with Gasteiger partial charge in [0, 0.05) is 25.5 Å². The van der Waals surface area contributed by atoms with Crippen LogP contribution in [-0.2, 0) is 14.8 Å². The summed E-state index contributed by atoms with van der Waals surface area (Å²) >= 11 is 0. The Morgan fingerprint density at radius 2 is 2.22 bits per heavy atom. The van der Waals surface area contributed by atoms with E-state index in [1.807, 2.05) is 0 Å². The van der Waals surface area contributed by atoms with Crippen molar-refractivity contribution < 1.29 is 18.3 Å². The van der Waals surface area contributed by atoms with E-state index in [1.54, 1.807) is 6.92 Å². The molecule has 0 fully saturated rings. The Morgan fingerprint density at radius 1 is 1.56 bits per heavy atom. The lowest BCUT2D eigenvalue weighted by Gasteiger charge is -2.22. The molecule has 0 radical (unpaired) electrons. The zero-order chi connectivity index (χ0) is 13.8. The number of carbonyl (C=O) groups is 1. The molecular weight excluding hydrogens is 256 g/mol. The number of hydrogen-bond donors (Lipinski definition) is 1. The smallest absolute Gasteiger partial charge is 0.307 e. The van der Waals surface area contributed by atoms with Crippen LogP contribution >= 0.6 is 0 Å². The second kappa shape index (κ2) is 5.92. The van der Waals surface area contributed by atoms with E-state index in [0.717, 1.165) is 4.31 Å². The number of rotatable bonds is 6. The highest BCUT2D eigenvalue weighted by atomic mass is 32.2. The zero-order valence-electron chi connectivity index (χ0n) is 10.3. The van der Waals surface area contributed by atoms with Crippen molar-refractivity contribution in [2.75, 3.05) is 13.1 Å². The standard InChI is InChI=1S/C11H16N2O4S/c1-3-13(8-9(2)11(14)15)18(16,17)10-5-4-6-12-7-10/h4-7,9H,3,8H2,1-2H3,(H,14,15). The number of nitrogens with zero attached hydrogens (tertiary/aromatic N) is 2. The molecule has 0 amide bonds. The molecule has 1 unspecified atom stereocenters. The Morgan fingerprint density at radius 3 is 2.67 bits per heavy atom. The highest BCUT2D eigenvalue weighted by Crippen LogP contribution is 2.15. The van der Waals surface area contributed by atoms with Crippen LogP contribution in [0.2, 0.25) is 0 Å². The maximum absolute atomic E-state index is 12.2. The lowest BCUT2D eigenvalue weighted by molar-refractivity contribution is -0.141. The molecule has 18 heavy (non-hydrogen) atoms. The van der Waals surface area contributed by atoms with Crippen LogP contribution in [0.3, 0.4) is 0 Å². The van der Waals surface area contributed by atoms with E-state index in [1.165, 1.54) is 31.5 Å². The van der Waals surface area contributed by atoms with Crippen molar-refractivity contribution in [1.29, 1.82) is 0 Å². The summed E-state index contributed by atoms with van der Waals surface area (Å²) in [6, 6.07) is 2.97. The normalized spacial score (nSPS) is 13.5. The van der Waals surface area contributed by atoms with Gasteiger partial charge in [-0.2, -0.15) is 4.31 Å². The van der Waals surface area contributed by atoms with Gasteiger partial charge in [-0.1, -0.05) is 13.8 Å². The summed E-state index contributed by atoms with van der Waals surface area (Å²) in [4.78, 5) is 14.6. The molecule has 1 heterocycles. The highest BCUT2D eigenvalue weighted by Gasteiger charge is 2.26. The van der Waals surface area contributed by atoms with E-state index in [4.69, 9.17) is 5.11 Å². The van der Waals surface area contributed by atoms with E-state index >= 15 is 0 Å². The molecule has 0 saturated carbocycles. The summed E-state index contributed by atoms with van der Waals surface area (Å²) < 4.78 is 25.6.